The normalized spacial score (nSPS) is 12.0. The molecule has 21 heavy (non-hydrogen) atoms. The lowest BCUT2D eigenvalue weighted by atomic mass is 10.3. The molecule has 2 rings (SSSR count). The molecule has 0 spiro atoms. The van der Waals surface area contributed by atoms with E-state index in [-0.39, 0.29) is 17.5 Å². The maximum Gasteiger partial charge on any atom is 0.434 e. The fraction of sp³-hybridized carbons (Fsp3) is 0.231. The minimum Gasteiger partial charge on any atom is -0.465 e. The second kappa shape index (κ2) is 6.13. The number of hydrogen-bond acceptors (Lipinski definition) is 4. The van der Waals surface area contributed by atoms with E-state index in [9.17, 15) is 18.0 Å². The first-order valence-electron chi connectivity index (χ1n) is 5.84. The summed E-state index contributed by atoms with van der Waals surface area (Å²) in [4.78, 5) is 16.5. The van der Waals surface area contributed by atoms with Crippen molar-refractivity contribution in [2.24, 2.45) is 0 Å². The van der Waals surface area contributed by atoms with Crippen molar-refractivity contribution in [2.75, 3.05) is 7.05 Å². The Morgan fingerprint density at radius 3 is 2.86 bits per heavy atom. The summed E-state index contributed by atoms with van der Waals surface area (Å²) in [5.41, 5.74) is -0.936. The van der Waals surface area contributed by atoms with Gasteiger partial charge in [0.1, 0.15) is 10.8 Å². The largest absolute Gasteiger partial charge is 0.465 e. The Balaban J connectivity index is 1.96. The average molecular weight is 316 g/mol. The fourth-order valence-electron chi connectivity index (χ4n) is 1.46. The van der Waals surface area contributed by atoms with E-state index >= 15 is 0 Å². The summed E-state index contributed by atoms with van der Waals surface area (Å²) in [6, 6.07) is 3.36. The van der Waals surface area contributed by atoms with Crippen molar-refractivity contribution in [3.8, 4) is 0 Å². The summed E-state index contributed by atoms with van der Waals surface area (Å²) in [5, 5.41) is 1.16. The third-order valence-corrected chi connectivity index (χ3v) is 3.36. The second-order valence-corrected chi connectivity index (χ2v) is 5.11. The molecule has 0 bridgehead atoms. The van der Waals surface area contributed by atoms with Gasteiger partial charge in [-0.3, -0.25) is 4.79 Å². The first-order valence-corrected chi connectivity index (χ1v) is 6.72. The van der Waals surface area contributed by atoms with Gasteiger partial charge in [0, 0.05) is 18.5 Å². The molecule has 1 amide bonds. The van der Waals surface area contributed by atoms with E-state index < -0.39 is 11.9 Å². The summed E-state index contributed by atoms with van der Waals surface area (Å²) in [5.74, 6) is 0.167. The van der Waals surface area contributed by atoms with Crippen molar-refractivity contribution >= 4 is 23.3 Å². The predicted molar refractivity (Wildman–Crippen MR) is 71.3 cm³/mol. The van der Waals surface area contributed by atoms with Crippen molar-refractivity contribution < 1.29 is 22.4 Å². The number of likely N-dealkylation sites (N-methyl/N-ethyl adjacent to an activating group) is 1. The van der Waals surface area contributed by atoms with Gasteiger partial charge in [-0.25, -0.2) is 4.98 Å². The zero-order chi connectivity index (χ0) is 15.5. The molecule has 0 unspecified atom stereocenters. The molecule has 0 atom stereocenters. The van der Waals surface area contributed by atoms with Gasteiger partial charge < -0.3 is 9.32 Å². The van der Waals surface area contributed by atoms with Crippen LogP contribution in [0.1, 0.15) is 16.5 Å². The minimum absolute atomic E-state index is 0.0159. The van der Waals surface area contributed by atoms with E-state index in [0.29, 0.717) is 5.76 Å². The lowest BCUT2D eigenvalue weighted by Gasteiger charge is -2.12. The number of amides is 1. The highest BCUT2D eigenvalue weighted by atomic mass is 32.1. The smallest absolute Gasteiger partial charge is 0.434 e. The number of halogens is 3. The molecule has 0 radical (unpaired) electrons. The van der Waals surface area contributed by atoms with E-state index in [1.54, 1.807) is 12.1 Å². The highest BCUT2D eigenvalue weighted by molar-refractivity contribution is 7.09. The number of carbonyl (C=O) groups is 1. The van der Waals surface area contributed by atoms with Crippen LogP contribution in [0.2, 0.25) is 0 Å². The molecule has 0 aliphatic carbocycles. The van der Waals surface area contributed by atoms with Crippen molar-refractivity contribution in [3.63, 3.8) is 0 Å². The molecule has 0 saturated heterocycles. The summed E-state index contributed by atoms with van der Waals surface area (Å²) in [7, 11) is 1.49. The monoisotopic (exact) mass is 316 g/mol. The van der Waals surface area contributed by atoms with Gasteiger partial charge in [-0.05, 0) is 18.2 Å². The van der Waals surface area contributed by atoms with Gasteiger partial charge in [0.05, 0.1) is 12.8 Å². The molecule has 0 fully saturated rings. The van der Waals surface area contributed by atoms with Gasteiger partial charge in [-0.15, -0.1) is 11.3 Å². The van der Waals surface area contributed by atoms with Gasteiger partial charge >= 0.3 is 6.18 Å². The Morgan fingerprint density at radius 2 is 2.29 bits per heavy atom. The number of aromatic nitrogens is 1. The zero-order valence-electron chi connectivity index (χ0n) is 10.9. The molecular formula is C13H11F3N2O2S. The van der Waals surface area contributed by atoms with Crippen LogP contribution in [0.25, 0.3) is 6.08 Å². The highest BCUT2D eigenvalue weighted by Crippen LogP contribution is 2.30. The summed E-state index contributed by atoms with van der Waals surface area (Å²) in [6.07, 6.45) is -0.211. The highest BCUT2D eigenvalue weighted by Gasteiger charge is 2.33. The molecule has 0 aliphatic rings. The topological polar surface area (TPSA) is 46.3 Å². The number of alkyl halides is 3. The molecule has 2 heterocycles. The molecule has 4 nitrogen and oxygen atoms in total. The average Bonchev–Trinajstić information content (AvgIpc) is 3.05. The third kappa shape index (κ3) is 4.19. The van der Waals surface area contributed by atoms with Crippen LogP contribution in [0.15, 0.2) is 34.3 Å². The van der Waals surface area contributed by atoms with Crippen molar-refractivity contribution in [3.05, 3.63) is 46.3 Å². The van der Waals surface area contributed by atoms with E-state index in [1.165, 1.54) is 30.4 Å². The minimum atomic E-state index is -4.46. The van der Waals surface area contributed by atoms with Crippen LogP contribution < -0.4 is 0 Å². The molecule has 0 N–H and O–H groups in total. The molecule has 0 aromatic carbocycles. The Bertz CT molecular complexity index is 632. The maximum absolute atomic E-state index is 12.4. The molecule has 2 aromatic heterocycles. The van der Waals surface area contributed by atoms with Crippen LogP contribution in [0.3, 0.4) is 0 Å². The molecule has 2 aromatic rings. The van der Waals surface area contributed by atoms with E-state index in [0.717, 1.165) is 16.7 Å². The molecule has 112 valence electrons. The van der Waals surface area contributed by atoms with Crippen molar-refractivity contribution in [1.29, 1.82) is 0 Å². The van der Waals surface area contributed by atoms with Gasteiger partial charge in [-0.1, -0.05) is 0 Å². The zero-order valence-corrected chi connectivity index (χ0v) is 11.7. The van der Waals surface area contributed by atoms with Crippen LogP contribution in [0.4, 0.5) is 13.2 Å². The third-order valence-electron chi connectivity index (χ3n) is 2.52. The quantitative estimate of drug-likeness (QED) is 0.812. The first kappa shape index (κ1) is 15.3. The number of furan rings is 1. The van der Waals surface area contributed by atoms with Gasteiger partial charge in [-0.2, -0.15) is 13.2 Å². The van der Waals surface area contributed by atoms with Gasteiger partial charge in [0.25, 0.3) is 0 Å². The molecule has 8 heteroatoms. The van der Waals surface area contributed by atoms with E-state index in [1.807, 2.05) is 0 Å². The molecule has 0 saturated carbocycles. The maximum atomic E-state index is 12.4. The predicted octanol–water partition coefficient (Wildman–Crippen LogP) is 3.43. The van der Waals surface area contributed by atoms with E-state index in [4.69, 9.17) is 4.42 Å². The summed E-state index contributed by atoms with van der Waals surface area (Å²) >= 11 is 0.870. The van der Waals surface area contributed by atoms with Crippen LogP contribution in [0.5, 0.6) is 0 Å². The SMILES string of the molecule is CN(Cc1nc(C(F)(F)F)cs1)C(=O)/C=C/c1ccco1. The number of hydrogen-bond donors (Lipinski definition) is 0. The summed E-state index contributed by atoms with van der Waals surface area (Å²) in [6.45, 7) is 0.0159. The Labute approximate surface area is 122 Å². The lowest BCUT2D eigenvalue weighted by molar-refractivity contribution is -0.140. The molecular weight excluding hydrogens is 305 g/mol. The van der Waals surface area contributed by atoms with Crippen LogP contribution in [-0.2, 0) is 17.5 Å². The fourth-order valence-corrected chi connectivity index (χ4v) is 2.31. The van der Waals surface area contributed by atoms with Crippen molar-refractivity contribution in [1.82, 2.24) is 9.88 Å². The Morgan fingerprint density at radius 1 is 1.52 bits per heavy atom. The lowest BCUT2D eigenvalue weighted by Crippen LogP contribution is -2.24. The number of rotatable bonds is 4. The Hall–Kier alpha value is -2.09. The summed E-state index contributed by atoms with van der Waals surface area (Å²) < 4.78 is 42.3. The second-order valence-electron chi connectivity index (χ2n) is 4.17. The van der Waals surface area contributed by atoms with Crippen LogP contribution >= 0.6 is 11.3 Å². The van der Waals surface area contributed by atoms with E-state index in [2.05, 4.69) is 4.98 Å². The van der Waals surface area contributed by atoms with Gasteiger partial charge in [0.2, 0.25) is 5.91 Å². The van der Waals surface area contributed by atoms with Crippen LogP contribution in [-0.4, -0.2) is 22.8 Å². The van der Waals surface area contributed by atoms with Crippen molar-refractivity contribution in [2.45, 2.75) is 12.7 Å². The Kier molecular flexibility index (Phi) is 4.46. The van der Waals surface area contributed by atoms with Gasteiger partial charge in [0.15, 0.2) is 5.69 Å². The number of thiazole rings is 1. The standard InChI is InChI=1S/C13H11F3N2O2S/c1-18(12(19)5-4-9-3-2-6-20-9)7-11-17-10(8-21-11)13(14,15)16/h2-6,8H,7H2,1H3/b5-4+. The van der Waals surface area contributed by atoms with Crippen LogP contribution in [0, 0.1) is 0 Å². The number of nitrogens with zero attached hydrogens (tertiary/aromatic N) is 2. The first-order chi connectivity index (χ1) is 9.86. The molecule has 0 aliphatic heterocycles. The number of carbonyl (C=O) groups excluding carboxylic acids is 1.